The molecule has 2 heteroatoms. The van der Waals surface area contributed by atoms with Gasteiger partial charge in [-0.3, -0.25) is 0 Å². The fourth-order valence-corrected chi connectivity index (χ4v) is 4.56. The second-order valence-corrected chi connectivity index (χ2v) is 10.6. The molecule has 0 heterocycles. The van der Waals surface area contributed by atoms with Crippen molar-refractivity contribution in [2.24, 2.45) is 5.92 Å². The van der Waals surface area contributed by atoms with E-state index < -0.39 is 0 Å². The summed E-state index contributed by atoms with van der Waals surface area (Å²) in [6.45, 7) is 14.9. The molecule has 0 saturated carbocycles. The minimum absolute atomic E-state index is 0.256. The molecule has 1 unspecified atom stereocenters. The van der Waals surface area contributed by atoms with Crippen molar-refractivity contribution in [2.45, 2.75) is 130 Å². The molecular formula is C30H56N2. The topological polar surface area (TPSA) is 24.1 Å². The summed E-state index contributed by atoms with van der Waals surface area (Å²) >= 11 is 0. The Labute approximate surface area is 201 Å². The van der Waals surface area contributed by atoms with E-state index in [0.717, 1.165) is 31.8 Å². The van der Waals surface area contributed by atoms with Gasteiger partial charge < -0.3 is 10.6 Å². The molecule has 0 aliphatic rings. The first-order valence-electron chi connectivity index (χ1n) is 14.0. The average Bonchev–Trinajstić information content (AvgIpc) is 2.78. The Balaban J connectivity index is 2.25. The average molecular weight is 445 g/mol. The van der Waals surface area contributed by atoms with E-state index in [-0.39, 0.29) is 5.54 Å². The third kappa shape index (κ3) is 15.1. The predicted octanol–water partition coefficient (Wildman–Crippen LogP) is 8.09. The molecule has 1 aromatic rings. The molecule has 0 aliphatic carbocycles. The fraction of sp³-hybridized carbons (Fsp3) is 0.800. The summed E-state index contributed by atoms with van der Waals surface area (Å²) in [6, 6.07) is 9.34. The summed E-state index contributed by atoms with van der Waals surface area (Å²) < 4.78 is 0. The smallest absolute Gasteiger partial charge is 0.0125 e. The van der Waals surface area contributed by atoms with Gasteiger partial charge >= 0.3 is 0 Å². The number of nitrogens with one attached hydrogen (secondary N) is 2. The van der Waals surface area contributed by atoms with Crippen molar-refractivity contribution in [3.63, 3.8) is 0 Å². The van der Waals surface area contributed by atoms with Gasteiger partial charge in [0.15, 0.2) is 0 Å². The Morgan fingerprint density at radius 1 is 0.688 bits per heavy atom. The first-order chi connectivity index (χ1) is 15.5. The van der Waals surface area contributed by atoms with Crippen LogP contribution < -0.4 is 10.6 Å². The van der Waals surface area contributed by atoms with Crippen LogP contribution >= 0.6 is 0 Å². The maximum Gasteiger partial charge on any atom is 0.0125 e. The zero-order valence-electron chi connectivity index (χ0n) is 22.4. The highest BCUT2D eigenvalue weighted by molar-refractivity contribution is 5.23. The molecule has 0 radical (unpaired) electrons. The van der Waals surface area contributed by atoms with Gasteiger partial charge in [-0.15, -0.1) is 0 Å². The standard InChI is InChI=1S/C30H56N2/c1-6-9-12-13-16-29(15-11-8-3)26-31-24-21-27-17-19-28(20-18-27)22-25-32-30(4,5)23-14-10-7-2/h17-20,29,31-32H,6-16,21-26H2,1-5H3. The number of benzene rings is 1. The predicted molar refractivity (Wildman–Crippen MR) is 145 cm³/mol. The van der Waals surface area contributed by atoms with Crippen molar-refractivity contribution in [3.8, 4) is 0 Å². The molecule has 1 atom stereocenters. The van der Waals surface area contributed by atoms with E-state index in [9.17, 15) is 0 Å². The first kappa shape index (κ1) is 29.2. The third-order valence-corrected chi connectivity index (χ3v) is 6.90. The molecule has 0 aliphatic heterocycles. The minimum Gasteiger partial charge on any atom is -0.316 e. The highest BCUT2D eigenvalue weighted by Gasteiger charge is 2.15. The fourth-order valence-electron chi connectivity index (χ4n) is 4.56. The van der Waals surface area contributed by atoms with Gasteiger partial charge in [-0.05, 0) is 82.6 Å². The lowest BCUT2D eigenvalue weighted by molar-refractivity contribution is 0.351. The molecule has 32 heavy (non-hydrogen) atoms. The molecule has 0 saturated heterocycles. The number of unbranched alkanes of at least 4 members (excludes halogenated alkanes) is 6. The maximum absolute atomic E-state index is 3.76. The van der Waals surface area contributed by atoms with Gasteiger partial charge in [-0.25, -0.2) is 0 Å². The monoisotopic (exact) mass is 444 g/mol. The Morgan fingerprint density at radius 2 is 1.25 bits per heavy atom. The van der Waals surface area contributed by atoms with Crippen molar-refractivity contribution in [1.82, 2.24) is 10.6 Å². The minimum atomic E-state index is 0.256. The van der Waals surface area contributed by atoms with Crippen LogP contribution in [-0.2, 0) is 12.8 Å². The van der Waals surface area contributed by atoms with Crippen LogP contribution in [0.3, 0.4) is 0 Å². The molecule has 0 bridgehead atoms. The van der Waals surface area contributed by atoms with Gasteiger partial charge in [-0.1, -0.05) is 103 Å². The lowest BCUT2D eigenvalue weighted by Gasteiger charge is -2.26. The summed E-state index contributed by atoms with van der Waals surface area (Å²) in [5.74, 6) is 0.868. The molecule has 2 N–H and O–H groups in total. The molecule has 0 aromatic heterocycles. The quantitative estimate of drug-likeness (QED) is 0.187. The van der Waals surface area contributed by atoms with Gasteiger partial charge in [0.1, 0.15) is 0 Å². The lowest BCUT2D eigenvalue weighted by atomic mass is 9.95. The van der Waals surface area contributed by atoms with Gasteiger partial charge in [0.05, 0.1) is 0 Å². The van der Waals surface area contributed by atoms with E-state index in [1.807, 2.05) is 0 Å². The maximum atomic E-state index is 3.76. The molecular weight excluding hydrogens is 388 g/mol. The number of rotatable bonds is 21. The van der Waals surface area contributed by atoms with Gasteiger partial charge in [-0.2, -0.15) is 0 Å². The Morgan fingerprint density at radius 3 is 1.88 bits per heavy atom. The molecule has 1 rings (SSSR count). The van der Waals surface area contributed by atoms with Gasteiger partial charge in [0.2, 0.25) is 0 Å². The highest BCUT2D eigenvalue weighted by atomic mass is 14.9. The molecule has 186 valence electrons. The zero-order valence-corrected chi connectivity index (χ0v) is 22.4. The summed E-state index contributed by atoms with van der Waals surface area (Å²) in [4.78, 5) is 0. The van der Waals surface area contributed by atoms with Crippen molar-refractivity contribution in [1.29, 1.82) is 0 Å². The van der Waals surface area contributed by atoms with Crippen LogP contribution in [0.4, 0.5) is 0 Å². The first-order valence-corrected chi connectivity index (χ1v) is 14.0. The summed E-state index contributed by atoms with van der Waals surface area (Å²) in [7, 11) is 0. The molecule has 1 aromatic carbocycles. The van der Waals surface area contributed by atoms with E-state index in [1.54, 1.807) is 0 Å². The normalized spacial score (nSPS) is 12.9. The van der Waals surface area contributed by atoms with E-state index in [2.05, 4.69) is 69.5 Å². The Hall–Kier alpha value is -0.860. The van der Waals surface area contributed by atoms with Crippen molar-refractivity contribution in [3.05, 3.63) is 35.4 Å². The second-order valence-electron chi connectivity index (χ2n) is 10.6. The van der Waals surface area contributed by atoms with Crippen LogP contribution in [0.25, 0.3) is 0 Å². The van der Waals surface area contributed by atoms with Crippen LogP contribution in [0.5, 0.6) is 0 Å². The summed E-state index contributed by atoms with van der Waals surface area (Å²) in [5.41, 5.74) is 3.17. The van der Waals surface area contributed by atoms with E-state index in [0.29, 0.717) is 0 Å². The van der Waals surface area contributed by atoms with E-state index >= 15 is 0 Å². The van der Waals surface area contributed by atoms with Crippen LogP contribution in [-0.4, -0.2) is 25.2 Å². The Kier molecular flexibility index (Phi) is 16.9. The molecule has 2 nitrogen and oxygen atoms in total. The second kappa shape index (κ2) is 18.6. The third-order valence-electron chi connectivity index (χ3n) is 6.90. The van der Waals surface area contributed by atoms with Crippen LogP contribution in [0.1, 0.15) is 123 Å². The number of hydrogen-bond acceptors (Lipinski definition) is 2. The molecule has 0 amide bonds. The van der Waals surface area contributed by atoms with Gasteiger partial charge in [0, 0.05) is 5.54 Å². The molecule has 0 spiro atoms. The lowest BCUT2D eigenvalue weighted by Crippen LogP contribution is -2.40. The number of hydrogen-bond donors (Lipinski definition) is 2. The van der Waals surface area contributed by atoms with Crippen LogP contribution in [0.2, 0.25) is 0 Å². The van der Waals surface area contributed by atoms with E-state index in [1.165, 1.54) is 94.7 Å². The largest absolute Gasteiger partial charge is 0.316 e. The van der Waals surface area contributed by atoms with Crippen molar-refractivity contribution >= 4 is 0 Å². The van der Waals surface area contributed by atoms with Gasteiger partial charge in [0.25, 0.3) is 0 Å². The highest BCUT2D eigenvalue weighted by Crippen LogP contribution is 2.17. The van der Waals surface area contributed by atoms with Crippen LogP contribution in [0.15, 0.2) is 24.3 Å². The van der Waals surface area contributed by atoms with E-state index in [4.69, 9.17) is 0 Å². The van der Waals surface area contributed by atoms with Crippen molar-refractivity contribution in [2.75, 3.05) is 19.6 Å². The Bertz CT molecular complexity index is 534. The molecule has 0 fully saturated rings. The zero-order chi connectivity index (χ0) is 23.5. The summed E-state index contributed by atoms with van der Waals surface area (Å²) in [5, 5.41) is 7.52. The summed E-state index contributed by atoms with van der Waals surface area (Å²) in [6.07, 6.45) is 18.6. The SMILES string of the molecule is CCCCCCC(CCCC)CNCCc1ccc(CCNC(C)(C)CCCCC)cc1. The van der Waals surface area contributed by atoms with Crippen LogP contribution in [0, 0.1) is 5.92 Å². The van der Waals surface area contributed by atoms with Crippen molar-refractivity contribution < 1.29 is 0 Å².